The third-order valence-corrected chi connectivity index (χ3v) is 18.4. The van der Waals surface area contributed by atoms with Crippen LogP contribution in [0.15, 0.2) is 66.2 Å². The molecule has 456 valence electrons. The van der Waals surface area contributed by atoms with Crippen molar-refractivity contribution in [3.63, 3.8) is 0 Å². The molecule has 0 unspecified atom stereocenters. The number of likely N-dealkylation sites (tertiary alicyclic amines) is 1. The van der Waals surface area contributed by atoms with E-state index in [0.717, 1.165) is 33.7 Å². The Labute approximate surface area is 503 Å². The topological polar surface area (TPSA) is 313 Å². The molecule has 3 aromatic carbocycles. The second-order valence-electron chi connectivity index (χ2n) is 24.1. The number of rotatable bonds is 22. The summed E-state index contributed by atoms with van der Waals surface area (Å²) in [6.07, 6.45) is 4.56. The van der Waals surface area contributed by atoms with Gasteiger partial charge in [0.15, 0.2) is 0 Å². The smallest absolute Gasteiger partial charge is 0.396 e. The normalized spacial score (nSPS) is 20.2. The van der Waals surface area contributed by atoms with E-state index in [2.05, 4.69) is 31.2 Å². The monoisotopic (exact) mass is 1230 g/mol. The summed E-state index contributed by atoms with van der Waals surface area (Å²) in [4.78, 5) is 139. The number of H-pyrrole nitrogens is 1. The molecule has 0 spiro atoms. The van der Waals surface area contributed by atoms with E-state index in [-0.39, 0.29) is 72.8 Å². The van der Waals surface area contributed by atoms with E-state index in [1.165, 1.54) is 24.3 Å². The molecule has 24 heteroatoms. The number of benzene rings is 3. The minimum atomic E-state index is -5.05. The van der Waals surface area contributed by atoms with E-state index in [9.17, 15) is 52.7 Å². The van der Waals surface area contributed by atoms with Crippen molar-refractivity contribution in [2.45, 2.75) is 168 Å². The fourth-order valence-corrected chi connectivity index (χ4v) is 13.3. The first-order chi connectivity index (χ1) is 40.2. The Morgan fingerprint density at radius 2 is 1.64 bits per heavy atom. The van der Waals surface area contributed by atoms with Gasteiger partial charge in [-0.15, -0.1) is 11.3 Å². The number of thiazole rings is 1. The number of primary amides is 1. The van der Waals surface area contributed by atoms with Crippen molar-refractivity contribution in [1.82, 2.24) is 41.0 Å². The summed E-state index contributed by atoms with van der Waals surface area (Å²) in [5, 5.41) is 12.6. The van der Waals surface area contributed by atoms with Crippen molar-refractivity contribution < 1.29 is 57.4 Å². The van der Waals surface area contributed by atoms with Gasteiger partial charge in [0, 0.05) is 41.9 Å². The Morgan fingerprint density at radius 3 is 2.32 bits per heavy atom. The van der Waals surface area contributed by atoms with Gasteiger partial charge in [0.25, 0.3) is 11.4 Å². The minimum absolute atomic E-state index is 0.0524. The molecule has 5 aromatic rings. The molecule has 2 aromatic heterocycles. The number of aromatic amines is 1. The number of halogens is 1. The average molecular weight is 1230 g/mol. The second kappa shape index (κ2) is 27.2. The van der Waals surface area contributed by atoms with Crippen LogP contribution in [0.2, 0.25) is 5.02 Å². The lowest BCUT2D eigenvalue weighted by Crippen LogP contribution is -2.57. The third-order valence-electron chi connectivity index (χ3n) is 16.2. The Morgan fingerprint density at radius 1 is 0.918 bits per heavy atom. The maximum atomic E-state index is 14.5. The van der Waals surface area contributed by atoms with Gasteiger partial charge in [0.2, 0.25) is 35.4 Å². The van der Waals surface area contributed by atoms with Crippen LogP contribution >= 0.6 is 30.5 Å². The highest BCUT2D eigenvalue weighted by Gasteiger charge is 2.46. The quantitative estimate of drug-likeness (QED) is 0.0308. The summed E-state index contributed by atoms with van der Waals surface area (Å²) in [6, 6.07) is 12.1. The van der Waals surface area contributed by atoms with Gasteiger partial charge in [-0.2, -0.15) is 0 Å². The fourth-order valence-electron chi connectivity index (χ4n) is 11.7. The maximum absolute atomic E-state index is 14.5. The van der Waals surface area contributed by atoms with Crippen molar-refractivity contribution in [3.8, 4) is 16.2 Å². The molecular weight excluding hydrogens is 1150 g/mol. The summed E-state index contributed by atoms with van der Waals surface area (Å²) >= 11 is 8.57. The van der Waals surface area contributed by atoms with Crippen LogP contribution in [0.3, 0.4) is 0 Å². The molecule has 85 heavy (non-hydrogen) atoms. The number of nitrogens with two attached hydrogens (primary N) is 1. The Balaban J connectivity index is 0.863. The Bertz CT molecular complexity index is 3390. The number of carbonyl (C=O) groups is 8. The van der Waals surface area contributed by atoms with Crippen molar-refractivity contribution in [1.29, 1.82) is 0 Å². The van der Waals surface area contributed by atoms with Crippen LogP contribution in [0.4, 0.5) is 0 Å². The van der Waals surface area contributed by atoms with E-state index >= 15 is 0 Å². The molecule has 3 fully saturated rings. The third kappa shape index (κ3) is 15.7. The SMILES string of the molecule is Cc1cc(CCCC(=O)N[C@H](C(=O)N2C[C@H](C)C[C@H]2C(=O)N[C@@H](C)c2ccc(-c3scnc3C)cc2)C(C)(C)C)c(Cl)c(OC[C@H](CCC(N)=O)NC(=O)[C@@H]2CC[C@@H]3CCCC[C@H](NC(=O)c4cc5cc(C(=O)P(=O)(O)O)ccc5[nH]4)C(=O)N32)c1. The van der Waals surface area contributed by atoms with Gasteiger partial charge >= 0.3 is 7.60 Å². The molecule has 3 aliphatic heterocycles. The lowest BCUT2D eigenvalue weighted by molar-refractivity contribution is -0.144. The molecular formula is C61H77ClN9O12PS. The van der Waals surface area contributed by atoms with Gasteiger partial charge in [-0.1, -0.05) is 82.5 Å². The van der Waals surface area contributed by atoms with Crippen LogP contribution in [0.1, 0.15) is 155 Å². The van der Waals surface area contributed by atoms with Gasteiger partial charge in [-0.25, -0.2) is 4.98 Å². The van der Waals surface area contributed by atoms with E-state index in [1.807, 2.05) is 84.3 Å². The van der Waals surface area contributed by atoms with Crippen molar-refractivity contribution >= 4 is 88.3 Å². The number of nitrogens with zero attached hydrogens (tertiary/aromatic N) is 3. The van der Waals surface area contributed by atoms with Crippen molar-refractivity contribution in [3.05, 3.63) is 105 Å². The Kier molecular flexibility index (Phi) is 20.5. The lowest BCUT2D eigenvalue weighted by Gasteiger charge is -2.35. The number of aryl methyl sites for hydroxylation is 3. The minimum Gasteiger partial charge on any atom is -0.490 e. The molecule has 0 aliphatic carbocycles. The molecule has 0 saturated carbocycles. The van der Waals surface area contributed by atoms with Crippen LogP contribution in [-0.4, -0.2) is 126 Å². The molecule has 7 amide bonds. The van der Waals surface area contributed by atoms with Crippen LogP contribution in [0, 0.1) is 25.2 Å². The molecule has 0 bridgehead atoms. The molecule has 5 heterocycles. The second-order valence-corrected chi connectivity index (χ2v) is 26.8. The first kappa shape index (κ1) is 64.0. The highest BCUT2D eigenvalue weighted by atomic mass is 35.5. The van der Waals surface area contributed by atoms with Crippen molar-refractivity contribution in [2.24, 2.45) is 17.1 Å². The number of nitrogens with one attached hydrogen (secondary N) is 5. The molecule has 21 nitrogen and oxygen atoms in total. The molecule has 3 aliphatic rings. The zero-order valence-electron chi connectivity index (χ0n) is 49.0. The average Bonchev–Trinajstić information content (AvgIpc) is 4.49. The molecule has 8 atom stereocenters. The summed E-state index contributed by atoms with van der Waals surface area (Å²) < 4.78 is 17.9. The van der Waals surface area contributed by atoms with E-state index in [0.29, 0.717) is 85.1 Å². The summed E-state index contributed by atoms with van der Waals surface area (Å²) in [6.45, 7) is 13.7. The largest absolute Gasteiger partial charge is 0.490 e. The van der Waals surface area contributed by atoms with E-state index in [4.69, 9.17) is 22.1 Å². The number of amides is 7. The lowest BCUT2D eigenvalue weighted by atomic mass is 9.85. The zero-order chi connectivity index (χ0) is 61.7. The van der Waals surface area contributed by atoms with Crippen molar-refractivity contribution in [2.75, 3.05) is 13.2 Å². The van der Waals surface area contributed by atoms with Gasteiger partial charge in [-0.3, -0.25) is 42.9 Å². The fraction of sp³-hybridized carbons (Fsp3) is 0.492. The maximum Gasteiger partial charge on any atom is 0.396 e. The first-order valence-electron chi connectivity index (χ1n) is 28.9. The zero-order valence-corrected chi connectivity index (χ0v) is 51.5. The number of hydrogen-bond donors (Lipinski definition) is 8. The van der Waals surface area contributed by atoms with Gasteiger partial charge in [0.1, 0.15) is 42.2 Å². The summed E-state index contributed by atoms with van der Waals surface area (Å²) in [5.74, 6) is -2.65. The summed E-state index contributed by atoms with van der Waals surface area (Å²) in [7, 11) is -5.05. The summed E-state index contributed by atoms with van der Waals surface area (Å²) in [5.41, 5.74) is 10.0. The van der Waals surface area contributed by atoms with Crippen LogP contribution in [0.5, 0.6) is 5.75 Å². The van der Waals surface area contributed by atoms with Crippen LogP contribution in [-0.2, 0) is 39.8 Å². The van der Waals surface area contributed by atoms with Gasteiger partial charge in [-0.05, 0) is 136 Å². The van der Waals surface area contributed by atoms with Crippen LogP contribution < -0.4 is 31.7 Å². The standard InChI is InChI=1S/C61H77ClN9O12PS/c1-33-25-39(11-10-14-51(73)69-54(61(5,6)7)59(78)70-30-34(2)26-48(70)57(76)65-35(3)37-15-17-38(18-16-37)53-36(4)64-32-85-53)52(62)49(27-33)83-31-42(20-24-50(63)72)66-56(75)47-23-21-43-12-8-9-13-45(58(77)71(43)47)68-55(74)46-29-41-28-40(19-22-44(41)67-46)60(79)84(80,81)82/h15-19,22,25,27-29,32,34-35,42-43,45,47-48,54,67H,8-14,20-21,23-24,26,30-31H2,1-7H3,(H2,63,72)(H,65,76)(H,66,75)(H,68,74)(H,69,73)(H2,80,81,82)/t34-,35+,42+,43+,45+,47+,48+,54-/m1/s1. The predicted molar refractivity (Wildman–Crippen MR) is 323 cm³/mol. The molecule has 9 N–H and O–H groups in total. The molecule has 3 saturated heterocycles. The number of hydrogen-bond acceptors (Lipinski definition) is 12. The number of aromatic nitrogens is 2. The highest BCUT2D eigenvalue weighted by molar-refractivity contribution is 7.70. The number of ether oxygens (including phenoxy) is 1. The van der Waals surface area contributed by atoms with E-state index < -0.39 is 72.4 Å². The highest BCUT2D eigenvalue weighted by Crippen LogP contribution is 2.40. The van der Waals surface area contributed by atoms with E-state index in [1.54, 1.807) is 27.2 Å². The first-order valence-corrected chi connectivity index (χ1v) is 31.8. The number of carbonyl (C=O) groups excluding carboxylic acids is 8. The number of fused-ring (bicyclic) bond motifs is 2. The molecule has 8 rings (SSSR count). The van der Waals surface area contributed by atoms with Crippen LogP contribution in [0.25, 0.3) is 21.3 Å². The van der Waals surface area contributed by atoms with Gasteiger partial charge < -0.3 is 56.3 Å². The van der Waals surface area contributed by atoms with Gasteiger partial charge in [0.05, 0.1) is 33.2 Å². The predicted octanol–water partition coefficient (Wildman–Crippen LogP) is 7.71. The molecule has 0 radical (unpaired) electrons. The Hall–Kier alpha value is -6.97.